The van der Waals surface area contributed by atoms with Gasteiger partial charge in [-0.15, -0.1) is 0 Å². The van der Waals surface area contributed by atoms with E-state index in [4.69, 9.17) is 0 Å². The third-order valence-electron chi connectivity index (χ3n) is 3.74. The molecule has 96 valence electrons. The van der Waals surface area contributed by atoms with E-state index in [1.165, 1.54) is 30.4 Å². The first-order valence-corrected chi connectivity index (χ1v) is 6.92. The first-order chi connectivity index (χ1) is 9.34. The van der Waals surface area contributed by atoms with Crippen molar-refractivity contribution in [3.63, 3.8) is 0 Å². The molecule has 0 bridgehead atoms. The molecular formula is C18H18O. The van der Waals surface area contributed by atoms with E-state index in [9.17, 15) is 5.11 Å². The van der Waals surface area contributed by atoms with Crippen molar-refractivity contribution in [2.24, 2.45) is 0 Å². The van der Waals surface area contributed by atoms with Gasteiger partial charge in [0.1, 0.15) is 5.75 Å². The van der Waals surface area contributed by atoms with Crippen LogP contribution >= 0.6 is 0 Å². The van der Waals surface area contributed by atoms with E-state index in [0.29, 0.717) is 5.75 Å². The fraction of sp³-hybridized carbons (Fsp3) is 0.222. The Morgan fingerprint density at radius 3 is 2.42 bits per heavy atom. The maximum atomic E-state index is 10.1. The van der Waals surface area contributed by atoms with Crippen LogP contribution in [0, 0.1) is 0 Å². The van der Waals surface area contributed by atoms with Crippen molar-refractivity contribution in [1.29, 1.82) is 0 Å². The number of hydrogen-bond donors (Lipinski definition) is 1. The summed E-state index contributed by atoms with van der Waals surface area (Å²) in [6, 6.07) is 16.0. The predicted molar refractivity (Wildman–Crippen MR) is 80.0 cm³/mol. The fourth-order valence-electron chi connectivity index (χ4n) is 2.69. The van der Waals surface area contributed by atoms with Crippen LogP contribution in [0.2, 0.25) is 0 Å². The standard InChI is InChI=1S/C18H18O/c19-18-12-11-16(14-7-3-1-4-8-14)13-17(18)15-9-5-2-6-10-15/h2,5-7,9-13,19H,1,3-4,8H2. The first-order valence-electron chi connectivity index (χ1n) is 6.92. The first kappa shape index (κ1) is 12.0. The molecular weight excluding hydrogens is 232 g/mol. The highest BCUT2D eigenvalue weighted by Gasteiger charge is 2.10. The summed E-state index contributed by atoms with van der Waals surface area (Å²) in [4.78, 5) is 0. The normalized spacial score (nSPS) is 15.1. The largest absolute Gasteiger partial charge is 0.507 e. The number of rotatable bonds is 2. The molecule has 1 nitrogen and oxygen atoms in total. The summed E-state index contributed by atoms with van der Waals surface area (Å²) in [5.41, 5.74) is 4.66. The molecule has 0 heterocycles. The molecule has 0 spiro atoms. The molecule has 0 amide bonds. The van der Waals surface area contributed by atoms with E-state index in [1.54, 1.807) is 0 Å². The number of phenolic OH excluding ortho intramolecular Hbond substituents is 1. The SMILES string of the molecule is Oc1ccc(C2=CCCCC2)cc1-c1ccccc1. The highest BCUT2D eigenvalue weighted by Crippen LogP contribution is 2.34. The molecule has 2 aromatic carbocycles. The topological polar surface area (TPSA) is 20.2 Å². The van der Waals surface area contributed by atoms with Crippen molar-refractivity contribution in [2.45, 2.75) is 25.7 Å². The van der Waals surface area contributed by atoms with E-state index < -0.39 is 0 Å². The molecule has 19 heavy (non-hydrogen) atoms. The Labute approximate surface area is 114 Å². The Bertz CT molecular complexity index is 596. The maximum Gasteiger partial charge on any atom is 0.123 e. The Hall–Kier alpha value is -2.02. The molecule has 0 fully saturated rings. The molecule has 1 N–H and O–H groups in total. The molecule has 1 aliphatic rings. The molecule has 0 unspecified atom stereocenters. The quantitative estimate of drug-likeness (QED) is 0.793. The molecule has 0 aromatic heterocycles. The van der Waals surface area contributed by atoms with Gasteiger partial charge in [0.05, 0.1) is 0 Å². The second-order valence-corrected chi connectivity index (χ2v) is 5.07. The van der Waals surface area contributed by atoms with Gasteiger partial charge in [0.25, 0.3) is 0 Å². The Kier molecular flexibility index (Phi) is 3.37. The van der Waals surface area contributed by atoms with E-state index in [0.717, 1.165) is 17.5 Å². The minimum atomic E-state index is 0.353. The molecule has 0 radical (unpaired) electrons. The molecule has 1 heteroatoms. The van der Waals surface area contributed by atoms with E-state index in [1.807, 2.05) is 42.5 Å². The number of aromatic hydroxyl groups is 1. The van der Waals surface area contributed by atoms with E-state index >= 15 is 0 Å². The smallest absolute Gasteiger partial charge is 0.123 e. The fourth-order valence-corrected chi connectivity index (χ4v) is 2.69. The van der Waals surface area contributed by atoms with Crippen LogP contribution in [0.4, 0.5) is 0 Å². The zero-order valence-corrected chi connectivity index (χ0v) is 11.0. The summed E-state index contributed by atoms with van der Waals surface area (Å²) in [7, 11) is 0. The Balaban J connectivity index is 2.03. The average molecular weight is 250 g/mol. The van der Waals surface area contributed by atoms with Crippen molar-refractivity contribution in [2.75, 3.05) is 0 Å². The lowest BCUT2D eigenvalue weighted by molar-refractivity contribution is 0.477. The van der Waals surface area contributed by atoms with Crippen LogP contribution in [0.5, 0.6) is 5.75 Å². The molecule has 1 aliphatic carbocycles. The average Bonchev–Trinajstić information content (AvgIpc) is 2.49. The molecule has 2 aromatic rings. The molecule has 0 aliphatic heterocycles. The van der Waals surface area contributed by atoms with Crippen molar-refractivity contribution >= 4 is 5.57 Å². The van der Waals surface area contributed by atoms with Crippen LogP contribution in [-0.4, -0.2) is 5.11 Å². The predicted octanol–water partition coefficient (Wildman–Crippen LogP) is 5.02. The zero-order chi connectivity index (χ0) is 13.1. The molecule has 3 rings (SSSR count). The van der Waals surface area contributed by atoms with Crippen molar-refractivity contribution in [3.05, 3.63) is 60.2 Å². The number of hydrogen-bond acceptors (Lipinski definition) is 1. The van der Waals surface area contributed by atoms with Crippen LogP contribution in [0.15, 0.2) is 54.6 Å². The van der Waals surface area contributed by atoms with Gasteiger partial charge in [0.15, 0.2) is 0 Å². The highest BCUT2D eigenvalue weighted by molar-refractivity contribution is 5.76. The van der Waals surface area contributed by atoms with Crippen LogP contribution < -0.4 is 0 Å². The second kappa shape index (κ2) is 5.31. The van der Waals surface area contributed by atoms with Crippen molar-refractivity contribution in [1.82, 2.24) is 0 Å². The maximum absolute atomic E-state index is 10.1. The summed E-state index contributed by atoms with van der Waals surface area (Å²) >= 11 is 0. The van der Waals surface area contributed by atoms with Crippen molar-refractivity contribution in [3.8, 4) is 16.9 Å². The summed E-state index contributed by atoms with van der Waals surface area (Å²) in [6.07, 6.45) is 7.24. The third-order valence-corrected chi connectivity index (χ3v) is 3.74. The van der Waals surface area contributed by atoms with Crippen LogP contribution in [-0.2, 0) is 0 Å². The van der Waals surface area contributed by atoms with Crippen LogP contribution in [0.1, 0.15) is 31.2 Å². The summed E-state index contributed by atoms with van der Waals surface area (Å²) in [6.45, 7) is 0. The summed E-state index contributed by atoms with van der Waals surface area (Å²) in [5, 5.41) is 10.1. The third kappa shape index (κ3) is 2.55. The van der Waals surface area contributed by atoms with Gasteiger partial charge in [-0.3, -0.25) is 0 Å². The molecule has 0 saturated carbocycles. The number of phenols is 1. The monoisotopic (exact) mass is 250 g/mol. The van der Waals surface area contributed by atoms with Gasteiger partial charge in [0.2, 0.25) is 0 Å². The van der Waals surface area contributed by atoms with Gasteiger partial charge in [0, 0.05) is 5.56 Å². The van der Waals surface area contributed by atoms with Gasteiger partial charge in [-0.2, -0.15) is 0 Å². The lowest BCUT2D eigenvalue weighted by Crippen LogP contribution is -1.92. The van der Waals surface area contributed by atoms with Gasteiger partial charge >= 0.3 is 0 Å². The highest BCUT2D eigenvalue weighted by atomic mass is 16.3. The van der Waals surface area contributed by atoms with E-state index in [-0.39, 0.29) is 0 Å². The Morgan fingerprint density at radius 2 is 1.68 bits per heavy atom. The lowest BCUT2D eigenvalue weighted by Gasteiger charge is -2.14. The van der Waals surface area contributed by atoms with Crippen LogP contribution in [0.25, 0.3) is 16.7 Å². The number of allylic oxidation sites excluding steroid dienone is 2. The lowest BCUT2D eigenvalue weighted by atomic mass is 9.91. The van der Waals surface area contributed by atoms with Gasteiger partial charge in [-0.25, -0.2) is 0 Å². The minimum absolute atomic E-state index is 0.353. The minimum Gasteiger partial charge on any atom is -0.507 e. The van der Waals surface area contributed by atoms with E-state index in [2.05, 4.69) is 12.1 Å². The van der Waals surface area contributed by atoms with Gasteiger partial charge < -0.3 is 5.11 Å². The van der Waals surface area contributed by atoms with Gasteiger partial charge in [-0.05, 0) is 54.5 Å². The molecule has 0 saturated heterocycles. The summed E-state index contributed by atoms with van der Waals surface area (Å²) in [5.74, 6) is 0.353. The number of benzene rings is 2. The Morgan fingerprint density at radius 1 is 0.842 bits per heavy atom. The zero-order valence-electron chi connectivity index (χ0n) is 11.0. The second-order valence-electron chi connectivity index (χ2n) is 5.07. The van der Waals surface area contributed by atoms with Gasteiger partial charge in [-0.1, -0.05) is 42.5 Å². The summed E-state index contributed by atoms with van der Waals surface area (Å²) < 4.78 is 0. The van der Waals surface area contributed by atoms with Crippen molar-refractivity contribution < 1.29 is 5.11 Å². The molecule has 0 atom stereocenters. The van der Waals surface area contributed by atoms with Crippen LogP contribution in [0.3, 0.4) is 0 Å².